The third-order valence-corrected chi connectivity index (χ3v) is 10.3. The van der Waals surface area contributed by atoms with Gasteiger partial charge in [0.1, 0.15) is 7.85 Å². The van der Waals surface area contributed by atoms with Crippen molar-refractivity contribution in [1.82, 2.24) is 4.57 Å². The lowest BCUT2D eigenvalue weighted by Crippen LogP contribution is -2.54. The molecule has 5 aliphatic rings. The number of nitrogens with zero attached hydrogens (tertiary/aromatic N) is 1. The van der Waals surface area contributed by atoms with E-state index < -0.39 is 0 Å². The van der Waals surface area contributed by atoms with E-state index in [1.54, 1.807) is 5.56 Å². The minimum atomic E-state index is 0.255. The largest absolute Gasteiger partial charge is 0.313 e. The zero-order valence-corrected chi connectivity index (χ0v) is 22.5. The first-order valence-electron chi connectivity index (χ1n) is 14.4. The van der Waals surface area contributed by atoms with Crippen LogP contribution in [0.2, 0.25) is 0 Å². The van der Waals surface area contributed by atoms with Gasteiger partial charge in [0.15, 0.2) is 0 Å². The van der Waals surface area contributed by atoms with Crippen molar-refractivity contribution in [3.05, 3.63) is 102 Å². The first-order chi connectivity index (χ1) is 18.0. The summed E-state index contributed by atoms with van der Waals surface area (Å²) in [5.41, 5.74) is 10.3. The highest BCUT2D eigenvalue weighted by Gasteiger charge is 2.58. The molecule has 4 saturated carbocycles. The van der Waals surface area contributed by atoms with Gasteiger partial charge in [-0.05, 0) is 104 Å². The van der Waals surface area contributed by atoms with E-state index in [-0.39, 0.29) is 5.41 Å². The molecule has 0 amide bonds. The molecule has 0 aliphatic heterocycles. The van der Waals surface area contributed by atoms with Gasteiger partial charge in [-0.3, -0.25) is 0 Å². The molecule has 2 atom stereocenters. The first kappa shape index (κ1) is 23.1. The Bertz CT molecular complexity index is 1460. The van der Waals surface area contributed by atoms with Gasteiger partial charge in [-0.15, -0.1) is 0 Å². The third-order valence-electron chi connectivity index (χ3n) is 10.3. The molecule has 186 valence electrons. The smallest absolute Gasteiger partial charge is 0.139 e. The summed E-state index contributed by atoms with van der Waals surface area (Å²) < 4.78 is 2.51. The number of hydrogen-bond donors (Lipinski definition) is 0. The lowest BCUT2D eigenvalue weighted by molar-refractivity contribution is -0.0496. The quantitative estimate of drug-likeness (QED) is 0.264. The fourth-order valence-corrected chi connectivity index (χ4v) is 9.01. The number of para-hydroxylation sites is 1. The highest BCUT2D eigenvalue weighted by Crippen LogP contribution is 2.67. The maximum atomic E-state index is 4.79. The van der Waals surface area contributed by atoms with Gasteiger partial charge < -0.3 is 4.57 Å². The summed E-state index contributed by atoms with van der Waals surface area (Å²) >= 11 is 0. The van der Waals surface area contributed by atoms with Crippen LogP contribution in [0, 0.1) is 17.3 Å². The van der Waals surface area contributed by atoms with Gasteiger partial charge in [0.25, 0.3) is 0 Å². The Morgan fingerprint density at radius 2 is 1.76 bits per heavy atom. The van der Waals surface area contributed by atoms with Crippen LogP contribution in [-0.4, -0.2) is 12.4 Å². The Kier molecular flexibility index (Phi) is 5.33. The van der Waals surface area contributed by atoms with Crippen LogP contribution < -0.4 is 5.46 Å². The number of fused-ring (bicyclic) bond motifs is 3. The van der Waals surface area contributed by atoms with Gasteiger partial charge in [0.05, 0.1) is 5.52 Å². The van der Waals surface area contributed by atoms with Crippen molar-refractivity contribution in [1.29, 1.82) is 0 Å². The third kappa shape index (κ3) is 3.59. The molecule has 37 heavy (non-hydrogen) atoms. The minimum absolute atomic E-state index is 0.255. The average molecular weight is 484 g/mol. The summed E-state index contributed by atoms with van der Waals surface area (Å²) in [7, 11) is 2.21. The Labute approximate surface area is 223 Å². The molecule has 0 saturated heterocycles. The second kappa shape index (κ2) is 8.52. The van der Waals surface area contributed by atoms with Crippen LogP contribution in [-0.2, 0) is 11.8 Å². The molecule has 1 heterocycles. The van der Waals surface area contributed by atoms with Crippen LogP contribution in [0.3, 0.4) is 0 Å². The number of rotatable bonds is 5. The van der Waals surface area contributed by atoms with E-state index in [1.165, 1.54) is 77.4 Å². The molecule has 0 spiro atoms. The monoisotopic (exact) mass is 483 g/mol. The highest BCUT2D eigenvalue weighted by atomic mass is 15.0. The predicted molar refractivity (Wildman–Crippen MR) is 161 cm³/mol. The molecule has 2 unspecified atom stereocenters. The fraction of sp³-hybridized carbons (Fsp3) is 0.371. The molecule has 2 aromatic carbocycles. The molecule has 1 nitrogen and oxygen atoms in total. The lowest BCUT2D eigenvalue weighted by Gasteiger charge is -2.63. The molecule has 0 N–H and O–H groups in total. The van der Waals surface area contributed by atoms with E-state index in [9.17, 15) is 0 Å². The second-order valence-electron chi connectivity index (χ2n) is 12.6. The van der Waals surface area contributed by atoms with Crippen LogP contribution in [0.4, 0.5) is 0 Å². The van der Waals surface area contributed by atoms with Gasteiger partial charge in [-0.25, -0.2) is 0 Å². The maximum absolute atomic E-state index is 4.79. The normalized spacial score (nSPS) is 30.4. The van der Waals surface area contributed by atoms with E-state index in [4.69, 9.17) is 6.58 Å². The van der Waals surface area contributed by atoms with Crippen LogP contribution in [0.5, 0.6) is 0 Å². The van der Waals surface area contributed by atoms with Crippen molar-refractivity contribution >= 4 is 36.0 Å². The molecule has 2 heteroatoms. The summed E-state index contributed by atoms with van der Waals surface area (Å²) in [5, 5.41) is 1.36. The van der Waals surface area contributed by atoms with Crippen molar-refractivity contribution in [2.45, 2.75) is 63.7 Å². The highest BCUT2D eigenvalue weighted by molar-refractivity contribution is 6.32. The van der Waals surface area contributed by atoms with Crippen LogP contribution in [0.15, 0.2) is 85.0 Å². The Morgan fingerprint density at radius 1 is 1.00 bits per heavy atom. The molecule has 1 aromatic heterocycles. The molecule has 5 aliphatic carbocycles. The summed E-state index contributed by atoms with van der Waals surface area (Å²) in [6.07, 6.45) is 22.0. The number of benzene rings is 2. The minimum Gasteiger partial charge on any atom is -0.313 e. The van der Waals surface area contributed by atoms with Crippen molar-refractivity contribution in [3.8, 4) is 0 Å². The standard InChI is InChI=1S/C35H38BN/c1-3-29(37-32-10-6-4-8-30(32)31-9-5-7-11-33(31)37)17-12-24(2)34-19-25-18-26(20-34)22-35(21-25,23-34)27-13-15-28(36)16-14-27/h3-6,8-10,12-17,25-26H,2,7,11,18-23,36H2,1H3/b17-12-,29-3+. The molecule has 8 rings (SSSR count). The summed E-state index contributed by atoms with van der Waals surface area (Å²) in [5.74, 6) is 1.70. The zero-order valence-electron chi connectivity index (χ0n) is 22.5. The number of hydrogen-bond acceptors (Lipinski definition) is 0. The van der Waals surface area contributed by atoms with E-state index >= 15 is 0 Å². The van der Waals surface area contributed by atoms with Gasteiger partial charge in [-0.1, -0.05) is 78.8 Å². The summed E-state index contributed by atoms with van der Waals surface area (Å²) in [6, 6.07) is 18.4. The van der Waals surface area contributed by atoms with Crippen molar-refractivity contribution in [3.63, 3.8) is 0 Å². The van der Waals surface area contributed by atoms with Crippen molar-refractivity contribution in [2.75, 3.05) is 0 Å². The maximum Gasteiger partial charge on any atom is 0.139 e. The van der Waals surface area contributed by atoms with E-state index in [0.717, 1.165) is 24.7 Å². The Morgan fingerprint density at radius 3 is 2.51 bits per heavy atom. The number of allylic oxidation sites excluding steroid dienone is 6. The predicted octanol–water partition coefficient (Wildman–Crippen LogP) is 7.37. The van der Waals surface area contributed by atoms with Crippen molar-refractivity contribution in [2.24, 2.45) is 17.3 Å². The van der Waals surface area contributed by atoms with Gasteiger partial charge in [-0.2, -0.15) is 0 Å². The van der Waals surface area contributed by atoms with E-state index in [2.05, 4.69) is 98.2 Å². The van der Waals surface area contributed by atoms with Crippen LogP contribution in [0.25, 0.3) is 22.7 Å². The molecular formula is C35H38BN. The van der Waals surface area contributed by atoms with Gasteiger partial charge >= 0.3 is 0 Å². The van der Waals surface area contributed by atoms with E-state index in [1.807, 2.05) is 0 Å². The molecule has 4 bridgehead atoms. The SMILES string of the molecule is Bc1ccc(C23CC4CC(CC(C(=C)/C=C\C(=C/C)n5c6c(c7ccccc75)C=CCC6)(C4)C2)C3)cc1. The van der Waals surface area contributed by atoms with E-state index in [0.29, 0.717) is 5.41 Å². The molecule has 0 radical (unpaired) electrons. The van der Waals surface area contributed by atoms with Gasteiger partial charge in [0.2, 0.25) is 0 Å². The average Bonchev–Trinajstić information content (AvgIpc) is 3.23. The van der Waals surface area contributed by atoms with Crippen LogP contribution >= 0.6 is 0 Å². The molecular weight excluding hydrogens is 445 g/mol. The second-order valence-corrected chi connectivity index (χ2v) is 12.6. The van der Waals surface area contributed by atoms with Gasteiger partial charge in [0, 0.05) is 22.3 Å². The van der Waals surface area contributed by atoms with Crippen molar-refractivity contribution < 1.29 is 0 Å². The first-order valence-corrected chi connectivity index (χ1v) is 14.4. The fourth-order valence-electron chi connectivity index (χ4n) is 9.01. The Balaban J connectivity index is 1.23. The van der Waals surface area contributed by atoms with Crippen LogP contribution in [0.1, 0.15) is 68.7 Å². The molecule has 4 fully saturated rings. The number of aromatic nitrogens is 1. The Hall–Kier alpha value is -3.00. The lowest BCUT2D eigenvalue weighted by atomic mass is 9.41. The topological polar surface area (TPSA) is 4.93 Å². The summed E-state index contributed by atoms with van der Waals surface area (Å²) in [4.78, 5) is 0. The molecule has 3 aromatic rings. The summed E-state index contributed by atoms with van der Waals surface area (Å²) in [6.45, 7) is 6.97. The zero-order chi connectivity index (χ0) is 25.2.